The van der Waals surface area contributed by atoms with Gasteiger partial charge in [0.1, 0.15) is 0 Å². The summed E-state index contributed by atoms with van der Waals surface area (Å²) in [6, 6.07) is 9.05. The van der Waals surface area contributed by atoms with E-state index < -0.39 is 32.0 Å². The standard InChI is InChI=1S/C19H20N2O8S2/c22-18(23)5-7-20-30(26,27)14-1-3-16-12(10-14)9-13-11-15(2-4-17(13)16)31(28,29)21-8-6-19(24)25/h1-4,10-11,20-21H,5-9H2,(H,22,23)(H,24,25). The Kier molecular flexibility index (Phi) is 6.46. The summed E-state index contributed by atoms with van der Waals surface area (Å²) < 4.78 is 54.0. The van der Waals surface area contributed by atoms with E-state index in [1.54, 1.807) is 12.1 Å². The molecule has 0 atom stereocenters. The second kappa shape index (κ2) is 8.75. The highest BCUT2D eigenvalue weighted by molar-refractivity contribution is 7.89. The Hall–Kier alpha value is -2.80. The van der Waals surface area contributed by atoms with Crippen molar-refractivity contribution in [3.8, 4) is 11.1 Å². The molecule has 2 aromatic carbocycles. The molecule has 10 nitrogen and oxygen atoms in total. The largest absolute Gasteiger partial charge is 0.481 e. The predicted octanol–water partition coefficient (Wildman–Crippen LogP) is 0.764. The van der Waals surface area contributed by atoms with Crippen molar-refractivity contribution < 1.29 is 36.6 Å². The number of hydrogen-bond donors (Lipinski definition) is 4. The molecule has 0 fully saturated rings. The first-order valence-electron chi connectivity index (χ1n) is 9.19. The zero-order valence-corrected chi connectivity index (χ0v) is 17.8. The Bertz CT molecular complexity index is 1160. The molecule has 0 bridgehead atoms. The molecule has 0 spiro atoms. The average Bonchev–Trinajstić information content (AvgIpc) is 3.04. The van der Waals surface area contributed by atoms with E-state index in [9.17, 15) is 26.4 Å². The monoisotopic (exact) mass is 468 g/mol. The van der Waals surface area contributed by atoms with Crippen molar-refractivity contribution in [1.82, 2.24) is 9.44 Å². The molecule has 3 rings (SSSR count). The quantitative estimate of drug-likeness (QED) is 0.338. The summed E-state index contributed by atoms with van der Waals surface area (Å²) in [7, 11) is -7.76. The van der Waals surface area contributed by atoms with Gasteiger partial charge in [0.25, 0.3) is 0 Å². The number of sulfonamides is 2. The van der Waals surface area contributed by atoms with E-state index in [0.29, 0.717) is 17.5 Å². The van der Waals surface area contributed by atoms with Crippen molar-refractivity contribution in [1.29, 1.82) is 0 Å². The van der Waals surface area contributed by atoms with Crippen molar-refractivity contribution in [3.05, 3.63) is 47.5 Å². The van der Waals surface area contributed by atoms with Gasteiger partial charge in [-0.1, -0.05) is 12.1 Å². The van der Waals surface area contributed by atoms with Gasteiger partial charge < -0.3 is 10.2 Å². The number of nitrogens with one attached hydrogen (secondary N) is 2. The van der Waals surface area contributed by atoms with Crippen LogP contribution >= 0.6 is 0 Å². The summed E-state index contributed by atoms with van der Waals surface area (Å²) in [6.07, 6.45) is -0.359. The molecule has 0 heterocycles. The van der Waals surface area contributed by atoms with Crippen molar-refractivity contribution >= 4 is 32.0 Å². The molecule has 1 aliphatic carbocycles. The third kappa shape index (κ3) is 5.28. The lowest BCUT2D eigenvalue weighted by Gasteiger charge is -2.08. The van der Waals surface area contributed by atoms with E-state index >= 15 is 0 Å². The Balaban J connectivity index is 1.80. The van der Waals surface area contributed by atoms with Gasteiger partial charge in [-0.25, -0.2) is 26.3 Å². The maximum Gasteiger partial charge on any atom is 0.304 e. The first kappa shape index (κ1) is 22.9. The SMILES string of the molecule is O=C(O)CCNS(=O)(=O)c1ccc2c(c1)Cc1cc(S(=O)(=O)NCCC(=O)O)ccc1-2. The second-order valence-corrected chi connectivity index (χ2v) is 10.4. The van der Waals surface area contributed by atoms with Crippen LogP contribution < -0.4 is 9.44 Å². The Morgan fingerprint density at radius 3 is 1.48 bits per heavy atom. The number of carboxylic acid groups (broad SMARTS) is 2. The van der Waals surface area contributed by atoms with Crippen LogP contribution in [0.25, 0.3) is 11.1 Å². The van der Waals surface area contributed by atoms with Gasteiger partial charge in [0.05, 0.1) is 22.6 Å². The summed E-state index contributed by atoms with van der Waals surface area (Å²) in [6.45, 7) is -0.462. The molecular formula is C19H20N2O8S2. The maximum atomic E-state index is 12.4. The molecule has 31 heavy (non-hydrogen) atoms. The van der Waals surface area contributed by atoms with Crippen LogP contribution in [-0.2, 0) is 36.1 Å². The van der Waals surface area contributed by atoms with Crippen LogP contribution in [0, 0.1) is 0 Å². The minimum atomic E-state index is -3.88. The van der Waals surface area contributed by atoms with Crippen LogP contribution in [0.5, 0.6) is 0 Å². The smallest absolute Gasteiger partial charge is 0.304 e. The predicted molar refractivity (Wildman–Crippen MR) is 110 cm³/mol. The third-order valence-electron chi connectivity index (χ3n) is 4.71. The van der Waals surface area contributed by atoms with Gasteiger partial charge in [0.2, 0.25) is 20.0 Å². The molecule has 4 N–H and O–H groups in total. The van der Waals surface area contributed by atoms with E-state index in [4.69, 9.17) is 10.2 Å². The van der Waals surface area contributed by atoms with E-state index in [-0.39, 0.29) is 35.7 Å². The lowest BCUT2D eigenvalue weighted by atomic mass is 10.1. The van der Waals surface area contributed by atoms with Gasteiger partial charge in [0.15, 0.2) is 0 Å². The maximum absolute atomic E-state index is 12.4. The van der Waals surface area contributed by atoms with E-state index in [1.807, 2.05) is 0 Å². The highest BCUT2D eigenvalue weighted by Gasteiger charge is 2.24. The molecule has 166 valence electrons. The fraction of sp³-hybridized carbons (Fsp3) is 0.263. The van der Waals surface area contributed by atoms with E-state index in [0.717, 1.165) is 11.1 Å². The Labute approximate surface area is 179 Å². The van der Waals surface area contributed by atoms with Crippen molar-refractivity contribution in [2.24, 2.45) is 0 Å². The molecule has 1 aliphatic rings. The number of hydrogen-bond acceptors (Lipinski definition) is 6. The fourth-order valence-electron chi connectivity index (χ4n) is 3.25. The van der Waals surface area contributed by atoms with Crippen LogP contribution in [0.3, 0.4) is 0 Å². The summed E-state index contributed by atoms with van der Waals surface area (Å²) in [4.78, 5) is 21.1. The molecule has 0 radical (unpaired) electrons. The van der Waals surface area contributed by atoms with Crippen molar-refractivity contribution in [2.75, 3.05) is 13.1 Å². The first-order valence-corrected chi connectivity index (χ1v) is 12.2. The van der Waals surface area contributed by atoms with Crippen LogP contribution in [0.4, 0.5) is 0 Å². The molecule has 0 aliphatic heterocycles. The Morgan fingerprint density at radius 2 is 1.13 bits per heavy atom. The third-order valence-corrected chi connectivity index (χ3v) is 7.62. The first-order chi connectivity index (χ1) is 14.5. The zero-order valence-electron chi connectivity index (χ0n) is 16.2. The minimum Gasteiger partial charge on any atom is -0.481 e. The number of fused-ring (bicyclic) bond motifs is 3. The minimum absolute atomic E-state index is 0.00683. The summed E-state index contributed by atoms with van der Waals surface area (Å²) in [5.74, 6) is -2.23. The fourth-order valence-corrected chi connectivity index (χ4v) is 5.41. The van der Waals surface area contributed by atoms with E-state index in [1.165, 1.54) is 24.3 Å². The van der Waals surface area contributed by atoms with Gasteiger partial charge in [-0.05, 0) is 52.9 Å². The van der Waals surface area contributed by atoms with Crippen LogP contribution in [0.2, 0.25) is 0 Å². The topological polar surface area (TPSA) is 167 Å². The normalized spacial score (nSPS) is 12.9. The van der Waals surface area contributed by atoms with Gasteiger partial charge in [0, 0.05) is 13.1 Å². The number of benzene rings is 2. The van der Waals surface area contributed by atoms with Crippen LogP contribution in [-0.4, -0.2) is 52.1 Å². The van der Waals surface area contributed by atoms with E-state index in [2.05, 4.69) is 9.44 Å². The van der Waals surface area contributed by atoms with Gasteiger partial charge in [-0.15, -0.1) is 0 Å². The highest BCUT2D eigenvalue weighted by atomic mass is 32.2. The van der Waals surface area contributed by atoms with Crippen LogP contribution in [0.15, 0.2) is 46.2 Å². The van der Waals surface area contributed by atoms with Gasteiger partial charge in [-0.2, -0.15) is 0 Å². The molecule has 0 saturated carbocycles. The average molecular weight is 469 g/mol. The van der Waals surface area contributed by atoms with Crippen LogP contribution in [0.1, 0.15) is 24.0 Å². The molecular weight excluding hydrogens is 448 g/mol. The summed E-state index contributed by atoms with van der Waals surface area (Å²) in [5, 5.41) is 17.3. The Morgan fingerprint density at radius 1 is 0.742 bits per heavy atom. The lowest BCUT2D eigenvalue weighted by Crippen LogP contribution is -2.26. The number of aliphatic carboxylic acids is 2. The summed E-state index contributed by atoms with van der Waals surface area (Å²) in [5.41, 5.74) is 2.96. The molecule has 0 aromatic heterocycles. The molecule has 0 unspecified atom stereocenters. The second-order valence-electron chi connectivity index (χ2n) is 6.90. The van der Waals surface area contributed by atoms with Crippen molar-refractivity contribution in [2.45, 2.75) is 29.1 Å². The number of carbonyl (C=O) groups is 2. The molecule has 0 saturated heterocycles. The molecule has 12 heteroatoms. The van der Waals surface area contributed by atoms with Gasteiger partial charge >= 0.3 is 11.9 Å². The number of carboxylic acids is 2. The highest BCUT2D eigenvalue weighted by Crippen LogP contribution is 2.38. The van der Waals surface area contributed by atoms with Gasteiger partial charge in [-0.3, -0.25) is 9.59 Å². The number of rotatable bonds is 10. The summed E-state index contributed by atoms with van der Waals surface area (Å²) >= 11 is 0. The van der Waals surface area contributed by atoms with Crippen molar-refractivity contribution in [3.63, 3.8) is 0 Å². The zero-order chi connectivity index (χ0) is 22.8. The molecule has 2 aromatic rings. The molecule has 0 amide bonds. The lowest BCUT2D eigenvalue weighted by molar-refractivity contribution is -0.137.